The Balaban J connectivity index is 3.83. The van der Waals surface area contributed by atoms with Crippen LogP contribution in [0.15, 0.2) is 0 Å². The largest absolute Gasteiger partial charge is 0.496 e. The van der Waals surface area contributed by atoms with Crippen LogP contribution in [0.1, 0.15) is 53.4 Å². The third-order valence-corrected chi connectivity index (χ3v) is 3.71. The zero-order valence-corrected chi connectivity index (χ0v) is 17.2. The van der Waals surface area contributed by atoms with Gasteiger partial charge in [-0.2, -0.15) is 0 Å². The maximum atomic E-state index is 10.1. The summed E-state index contributed by atoms with van der Waals surface area (Å²) in [4.78, 5) is 0. The minimum absolute atomic E-state index is 0.0170. The Morgan fingerprint density at radius 3 is 0.857 bits per heavy atom. The molecule has 0 bridgehead atoms. The lowest BCUT2D eigenvalue weighted by atomic mass is 9.71. The predicted octanol–water partition coefficient (Wildman–Crippen LogP) is 0.201. The zero-order chi connectivity index (χ0) is 21.1. The van der Waals surface area contributed by atoms with Crippen molar-refractivity contribution >= 4 is 25.2 Å². The van der Waals surface area contributed by atoms with E-state index in [0.717, 1.165) is 0 Å². The highest BCUT2D eigenvalue weighted by atomic mass is 16.5. The van der Waals surface area contributed by atoms with E-state index in [4.69, 9.17) is 18.9 Å². The molecule has 28 heavy (non-hydrogen) atoms. The second-order valence-corrected chi connectivity index (χ2v) is 6.29. The number of hydrogen-bond acceptors (Lipinski definition) is 8. The molecule has 10 heteroatoms. The van der Waals surface area contributed by atoms with E-state index in [1.807, 2.05) is 27.7 Å². The van der Waals surface area contributed by atoms with Crippen molar-refractivity contribution in [1.82, 2.24) is 0 Å². The monoisotopic (exact) mass is 398 g/mol. The summed E-state index contributed by atoms with van der Waals surface area (Å²) in [5, 5.41) is 40.3. The molecule has 0 atom stereocenters. The number of benzene rings is 1. The summed E-state index contributed by atoms with van der Waals surface area (Å²) < 4.78 is 23.0. The van der Waals surface area contributed by atoms with Crippen molar-refractivity contribution < 1.29 is 39.0 Å². The number of ether oxygens (including phenoxy) is 4. The molecule has 1 aromatic rings. The average Bonchev–Trinajstić information content (AvgIpc) is 2.66. The van der Waals surface area contributed by atoms with Crippen LogP contribution < -0.4 is 29.9 Å². The van der Waals surface area contributed by atoms with Gasteiger partial charge in [0.05, 0.1) is 37.4 Å². The summed E-state index contributed by atoms with van der Waals surface area (Å²) in [6.07, 6.45) is 2.63. The van der Waals surface area contributed by atoms with E-state index in [1.54, 1.807) is 0 Å². The van der Waals surface area contributed by atoms with E-state index in [2.05, 4.69) is 0 Å². The molecule has 0 amide bonds. The van der Waals surface area contributed by atoms with Gasteiger partial charge in [0.25, 0.3) is 0 Å². The van der Waals surface area contributed by atoms with Gasteiger partial charge in [-0.25, -0.2) is 0 Å². The van der Waals surface area contributed by atoms with E-state index in [1.165, 1.54) is 0 Å². The summed E-state index contributed by atoms with van der Waals surface area (Å²) in [7, 11) is -3.87. The highest BCUT2D eigenvalue weighted by molar-refractivity contribution is 6.65. The molecule has 0 heterocycles. The average molecular weight is 398 g/mol. The van der Waals surface area contributed by atoms with Gasteiger partial charge in [0.1, 0.15) is 0 Å². The van der Waals surface area contributed by atoms with Crippen LogP contribution in [0.3, 0.4) is 0 Å². The summed E-state index contributed by atoms with van der Waals surface area (Å²) in [5.74, 6) is 0.0680. The lowest BCUT2D eigenvalue weighted by molar-refractivity contribution is 0.250. The second kappa shape index (κ2) is 12.8. The van der Waals surface area contributed by atoms with Gasteiger partial charge in [-0.1, -0.05) is 27.7 Å². The van der Waals surface area contributed by atoms with Crippen molar-refractivity contribution in [3.8, 4) is 23.0 Å². The third kappa shape index (κ3) is 6.20. The molecule has 0 radical (unpaired) electrons. The van der Waals surface area contributed by atoms with E-state index >= 15 is 0 Å². The van der Waals surface area contributed by atoms with Gasteiger partial charge >= 0.3 is 14.2 Å². The zero-order valence-electron chi connectivity index (χ0n) is 17.2. The van der Waals surface area contributed by atoms with Gasteiger partial charge in [-0.3, -0.25) is 0 Å². The quantitative estimate of drug-likeness (QED) is 0.329. The van der Waals surface area contributed by atoms with Crippen LogP contribution in [-0.2, 0) is 0 Å². The number of hydrogen-bond donors (Lipinski definition) is 4. The highest BCUT2D eigenvalue weighted by Gasteiger charge is 2.37. The Morgan fingerprint density at radius 1 is 0.500 bits per heavy atom. The maximum absolute atomic E-state index is 10.1. The van der Waals surface area contributed by atoms with E-state index in [9.17, 15) is 20.1 Å². The second-order valence-electron chi connectivity index (χ2n) is 6.29. The van der Waals surface area contributed by atoms with Gasteiger partial charge in [-0.05, 0) is 25.7 Å². The minimum Gasteiger partial charge on any atom is -0.490 e. The molecule has 0 aliphatic rings. The molecule has 158 valence electrons. The van der Waals surface area contributed by atoms with Crippen molar-refractivity contribution in [3.63, 3.8) is 0 Å². The van der Waals surface area contributed by atoms with Gasteiger partial charge in [0, 0.05) is 0 Å². The summed E-state index contributed by atoms with van der Waals surface area (Å²) >= 11 is 0. The normalized spacial score (nSPS) is 10.6. The predicted molar refractivity (Wildman–Crippen MR) is 109 cm³/mol. The first-order valence-corrected chi connectivity index (χ1v) is 9.91. The van der Waals surface area contributed by atoms with Gasteiger partial charge in [0.2, 0.25) is 0 Å². The van der Waals surface area contributed by atoms with Crippen molar-refractivity contribution in [3.05, 3.63) is 0 Å². The van der Waals surface area contributed by atoms with Crippen LogP contribution >= 0.6 is 0 Å². The maximum Gasteiger partial charge on any atom is 0.496 e. The van der Waals surface area contributed by atoms with Crippen LogP contribution in [0.5, 0.6) is 23.0 Å². The van der Waals surface area contributed by atoms with Crippen LogP contribution in [0.4, 0.5) is 0 Å². The standard InChI is InChI=1S/C18H32B2O8/c1-5-9-25-15-13(19(21)22)17(27-11-7-3)18(28-12-8-4)14(20(23)24)16(15)26-10-6-2/h21-24H,5-12H2,1-4H3. The van der Waals surface area contributed by atoms with Crippen LogP contribution in [0.2, 0.25) is 0 Å². The lowest BCUT2D eigenvalue weighted by Crippen LogP contribution is -2.40. The molecule has 8 nitrogen and oxygen atoms in total. The molecule has 0 saturated carbocycles. The molecule has 0 aromatic heterocycles. The Hall–Kier alpha value is -1.61. The van der Waals surface area contributed by atoms with Gasteiger partial charge in [0.15, 0.2) is 23.0 Å². The molecular formula is C18H32B2O8. The fourth-order valence-corrected chi connectivity index (χ4v) is 2.55. The Morgan fingerprint density at radius 2 is 0.714 bits per heavy atom. The van der Waals surface area contributed by atoms with Gasteiger partial charge in [-0.15, -0.1) is 0 Å². The van der Waals surface area contributed by atoms with E-state index in [-0.39, 0.29) is 60.4 Å². The topological polar surface area (TPSA) is 118 Å². The van der Waals surface area contributed by atoms with Crippen LogP contribution in [0.25, 0.3) is 0 Å². The first kappa shape index (κ1) is 24.4. The molecule has 1 rings (SSSR count). The SMILES string of the molecule is CCCOc1c(OCCC)c(B(O)O)c(OCCC)c(OCCC)c1B(O)O. The first-order valence-electron chi connectivity index (χ1n) is 9.91. The van der Waals surface area contributed by atoms with Crippen molar-refractivity contribution in [2.24, 2.45) is 0 Å². The molecule has 0 aliphatic carbocycles. The molecule has 0 fully saturated rings. The fraction of sp³-hybridized carbons (Fsp3) is 0.667. The molecule has 4 N–H and O–H groups in total. The summed E-state index contributed by atoms with van der Waals surface area (Å²) in [6, 6.07) is 0. The summed E-state index contributed by atoms with van der Waals surface area (Å²) in [5.41, 5.74) is -0.105. The van der Waals surface area contributed by atoms with Crippen molar-refractivity contribution in [2.45, 2.75) is 53.4 Å². The number of rotatable bonds is 14. The Labute approximate surface area is 167 Å². The minimum atomic E-state index is -1.93. The van der Waals surface area contributed by atoms with Gasteiger partial charge < -0.3 is 39.0 Å². The molecule has 0 unspecified atom stereocenters. The molecule has 0 spiro atoms. The molecule has 0 aliphatic heterocycles. The lowest BCUT2D eigenvalue weighted by Gasteiger charge is -2.25. The smallest absolute Gasteiger partial charge is 0.490 e. The highest BCUT2D eigenvalue weighted by Crippen LogP contribution is 2.37. The fourth-order valence-electron chi connectivity index (χ4n) is 2.55. The third-order valence-electron chi connectivity index (χ3n) is 3.71. The molecule has 1 aromatic carbocycles. The van der Waals surface area contributed by atoms with E-state index in [0.29, 0.717) is 25.7 Å². The summed E-state index contributed by atoms with van der Waals surface area (Å²) in [6.45, 7) is 8.68. The van der Waals surface area contributed by atoms with Crippen LogP contribution in [-0.4, -0.2) is 60.8 Å². The Bertz CT molecular complexity index is 503. The molecular weight excluding hydrogens is 366 g/mol. The van der Waals surface area contributed by atoms with Crippen molar-refractivity contribution in [2.75, 3.05) is 26.4 Å². The Kier molecular flexibility index (Phi) is 11.1. The first-order chi connectivity index (χ1) is 13.4. The molecule has 0 saturated heterocycles. The van der Waals surface area contributed by atoms with E-state index < -0.39 is 14.2 Å². The van der Waals surface area contributed by atoms with Crippen molar-refractivity contribution in [1.29, 1.82) is 0 Å². The van der Waals surface area contributed by atoms with Crippen LogP contribution in [0, 0.1) is 0 Å².